The summed E-state index contributed by atoms with van der Waals surface area (Å²) in [5.74, 6) is 0. The molecule has 1 aliphatic rings. The molecule has 1 heterocycles. The molecule has 0 atom stereocenters. The fraction of sp³-hybridized carbons (Fsp3) is 0.385. The van der Waals surface area contributed by atoms with Crippen molar-refractivity contribution in [3.05, 3.63) is 35.0 Å². The number of benzene rings is 1. The fourth-order valence-electron chi connectivity index (χ4n) is 2.47. The van der Waals surface area contributed by atoms with Gasteiger partial charge < -0.3 is 10.7 Å². The first-order valence-corrected chi connectivity index (χ1v) is 5.48. The van der Waals surface area contributed by atoms with Crippen molar-refractivity contribution in [2.24, 2.45) is 5.73 Å². The Bertz CT molecular complexity index is 533. The minimum absolute atomic E-state index is 0.0441. The molecule has 0 aliphatic heterocycles. The number of hydrogen-bond acceptors (Lipinski definition) is 1. The Labute approximate surface area is 89.5 Å². The van der Waals surface area contributed by atoms with Gasteiger partial charge in [0.05, 0.1) is 0 Å². The number of nitrogens with one attached hydrogen (secondary N) is 1. The molecule has 1 saturated carbocycles. The Morgan fingerprint density at radius 3 is 2.67 bits per heavy atom. The van der Waals surface area contributed by atoms with Crippen LogP contribution in [0.4, 0.5) is 0 Å². The Kier molecular flexibility index (Phi) is 1.58. The van der Waals surface area contributed by atoms with Crippen LogP contribution in [0.15, 0.2) is 18.2 Å². The average molecular weight is 200 g/mol. The van der Waals surface area contributed by atoms with E-state index in [9.17, 15) is 0 Å². The van der Waals surface area contributed by atoms with E-state index in [1.165, 1.54) is 27.7 Å². The van der Waals surface area contributed by atoms with Gasteiger partial charge in [0, 0.05) is 27.7 Å². The van der Waals surface area contributed by atoms with Crippen molar-refractivity contribution in [3.63, 3.8) is 0 Å². The monoisotopic (exact) mass is 200 g/mol. The van der Waals surface area contributed by atoms with Crippen molar-refractivity contribution < 1.29 is 0 Å². The quantitative estimate of drug-likeness (QED) is 0.730. The third kappa shape index (κ3) is 1.21. The second-order valence-corrected chi connectivity index (χ2v) is 4.83. The fourth-order valence-corrected chi connectivity index (χ4v) is 2.47. The number of aryl methyl sites for hydroxylation is 2. The van der Waals surface area contributed by atoms with Crippen molar-refractivity contribution in [2.75, 3.05) is 0 Å². The van der Waals surface area contributed by atoms with E-state index in [1.807, 2.05) is 0 Å². The van der Waals surface area contributed by atoms with Gasteiger partial charge in [-0.05, 0) is 38.3 Å². The first-order chi connectivity index (χ1) is 7.10. The van der Waals surface area contributed by atoms with Crippen LogP contribution in [0.3, 0.4) is 0 Å². The summed E-state index contributed by atoms with van der Waals surface area (Å²) in [6.07, 6.45) is 2.24. The largest absolute Gasteiger partial charge is 0.358 e. The zero-order chi connectivity index (χ0) is 10.6. The van der Waals surface area contributed by atoms with Crippen molar-refractivity contribution in [3.8, 4) is 0 Å². The second kappa shape index (κ2) is 2.64. The van der Waals surface area contributed by atoms with Crippen LogP contribution in [-0.4, -0.2) is 4.98 Å². The molecule has 2 aromatic rings. The molecule has 3 N–H and O–H groups in total. The van der Waals surface area contributed by atoms with Gasteiger partial charge in [0.25, 0.3) is 0 Å². The summed E-state index contributed by atoms with van der Waals surface area (Å²) in [5, 5.41) is 1.30. The van der Waals surface area contributed by atoms with Gasteiger partial charge in [0.2, 0.25) is 0 Å². The van der Waals surface area contributed by atoms with Crippen LogP contribution in [0.25, 0.3) is 10.9 Å². The Hall–Kier alpha value is -1.28. The van der Waals surface area contributed by atoms with Crippen LogP contribution >= 0.6 is 0 Å². The van der Waals surface area contributed by atoms with Crippen LogP contribution in [0, 0.1) is 13.8 Å². The van der Waals surface area contributed by atoms with Gasteiger partial charge in [-0.3, -0.25) is 0 Å². The van der Waals surface area contributed by atoms with Gasteiger partial charge >= 0.3 is 0 Å². The van der Waals surface area contributed by atoms with Crippen molar-refractivity contribution in [2.45, 2.75) is 32.2 Å². The molecule has 2 nitrogen and oxygen atoms in total. The zero-order valence-corrected chi connectivity index (χ0v) is 9.22. The summed E-state index contributed by atoms with van der Waals surface area (Å²) in [6.45, 7) is 4.24. The predicted octanol–water partition coefficient (Wildman–Crippen LogP) is 2.73. The molecule has 78 valence electrons. The van der Waals surface area contributed by atoms with E-state index in [2.05, 4.69) is 37.0 Å². The van der Waals surface area contributed by atoms with Crippen LogP contribution in [0.1, 0.15) is 29.7 Å². The summed E-state index contributed by atoms with van der Waals surface area (Å²) in [7, 11) is 0. The first kappa shape index (κ1) is 8.98. The molecule has 0 amide bonds. The highest BCUT2D eigenvalue weighted by Crippen LogP contribution is 2.46. The molecule has 0 spiro atoms. The summed E-state index contributed by atoms with van der Waals surface area (Å²) in [4.78, 5) is 3.43. The second-order valence-electron chi connectivity index (χ2n) is 4.83. The Morgan fingerprint density at radius 1 is 1.27 bits per heavy atom. The molecule has 0 radical (unpaired) electrons. The molecule has 0 saturated heterocycles. The summed E-state index contributed by atoms with van der Waals surface area (Å²) >= 11 is 0. The highest BCUT2D eigenvalue weighted by Gasteiger charge is 2.42. The molecule has 0 bridgehead atoms. The average Bonchev–Trinajstić information content (AvgIpc) is 2.79. The molecular weight excluding hydrogens is 184 g/mol. The van der Waals surface area contributed by atoms with E-state index in [0.29, 0.717) is 0 Å². The molecule has 1 aromatic carbocycles. The smallest absolute Gasteiger partial charge is 0.0462 e. The van der Waals surface area contributed by atoms with Crippen molar-refractivity contribution >= 4 is 10.9 Å². The normalized spacial score (nSPS) is 18.3. The zero-order valence-electron chi connectivity index (χ0n) is 9.22. The van der Waals surface area contributed by atoms with Crippen LogP contribution < -0.4 is 5.73 Å². The molecule has 1 fully saturated rings. The third-order valence-corrected chi connectivity index (χ3v) is 3.43. The van der Waals surface area contributed by atoms with Crippen LogP contribution in [0.5, 0.6) is 0 Å². The minimum atomic E-state index is -0.0441. The molecular formula is C13H16N2. The van der Waals surface area contributed by atoms with Crippen molar-refractivity contribution in [1.29, 1.82) is 0 Å². The highest BCUT2D eigenvalue weighted by molar-refractivity contribution is 5.86. The molecule has 0 unspecified atom stereocenters. The number of nitrogens with two attached hydrogens (primary N) is 1. The number of hydrogen-bond donors (Lipinski definition) is 2. The lowest BCUT2D eigenvalue weighted by Crippen LogP contribution is -2.19. The number of aromatic amines is 1. The maximum absolute atomic E-state index is 6.30. The number of rotatable bonds is 1. The minimum Gasteiger partial charge on any atom is -0.358 e. The van der Waals surface area contributed by atoms with Crippen LogP contribution in [-0.2, 0) is 5.54 Å². The lowest BCUT2D eigenvalue weighted by atomic mass is 10.0. The van der Waals surface area contributed by atoms with E-state index < -0.39 is 0 Å². The summed E-state index contributed by atoms with van der Waals surface area (Å²) in [6, 6.07) is 6.54. The standard InChI is InChI=1S/C13H16N2/c1-8-3-4-10-11(7-8)15-9(2)12(10)13(14)5-6-13/h3-4,7,15H,5-6,14H2,1-2H3. The number of H-pyrrole nitrogens is 1. The summed E-state index contributed by atoms with van der Waals surface area (Å²) < 4.78 is 0. The highest BCUT2D eigenvalue weighted by atomic mass is 14.9. The van der Waals surface area contributed by atoms with Gasteiger partial charge in [0.1, 0.15) is 0 Å². The van der Waals surface area contributed by atoms with Gasteiger partial charge in [-0.15, -0.1) is 0 Å². The van der Waals surface area contributed by atoms with E-state index in [1.54, 1.807) is 0 Å². The maximum Gasteiger partial charge on any atom is 0.0462 e. The van der Waals surface area contributed by atoms with E-state index in [0.717, 1.165) is 12.8 Å². The molecule has 3 rings (SSSR count). The predicted molar refractivity (Wildman–Crippen MR) is 62.9 cm³/mol. The third-order valence-electron chi connectivity index (χ3n) is 3.43. The van der Waals surface area contributed by atoms with E-state index in [-0.39, 0.29) is 5.54 Å². The van der Waals surface area contributed by atoms with Crippen molar-refractivity contribution in [1.82, 2.24) is 4.98 Å². The Morgan fingerprint density at radius 2 is 2.00 bits per heavy atom. The Balaban J connectivity index is 2.33. The maximum atomic E-state index is 6.30. The van der Waals surface area contributed by atoms with E-state index in [4.69, 9.17) is 5.73 Å². The lowest BCUT2D eigenvalue weighted by molar-refractivity contribution is 0.740. The SMILES string of the molecule is Cc1ccc2c(C3(N)CC3)c(C)[nH]c2c1. The molecule has 1 aromatic heterocycles. The number of fused-ring (bicyclic) bond motifs is 1. The van der Waals surface area contributed by atoms with Gasteiger partial charge in [-0.2, -0.15) is 0 Å². The molecule has 2 heteroatoms. The van der Waals surface area contributed by atoms with Gasteiger partial charge in [0.15, 0.2) is 0 Å². The van der Waals surface area contributed by atoms with Gasteiger partial charge in [-0.1, -0.05) is 12.1 Å². The van der Waals surface area contributed by atoms with Gasteiger partial charge in [-0.25, -0.2) is 0 Å². The molecule has 1 aliphatic carbocycles. The molecule has 15 heavy (non-hydrogen) atoms. The first-order valence-electron chi connectivity index (χ1n) is 5.48. The topological polar surface area (TPSA) is 41.8 Å². The lowest BCUT2D eigenvalue weighted by Gasteiger charge is -2.08. The van der Waals surface area contributed by atoms with Crippen LogP contribution in [0.2, 0.25) is 0 Å². The number of aromatic nitrogens is 1. The summed E-state index contributed by atoms with van der Waals surface area (Å²) in [5.41, 5.74) is 11.3. The van der Waals surface area contributed by atoms with E-state index >= 15 is 0 Å².